The summed E-state index contributed by atoms with van der Waals surface area (Å²) < 4.78 is 4.20. The topological polar surface area (TPSA) is 38.9 Å². The summed E-state index contributed by atoms with van der Waals surface area (Å²) >= 11 is 0. The van der Waals surface area contributed by atoms with Gasteiger partial charge in [-0.25, -0.2) is 0 Å². The molecule has 0 radical (unpaired) electrons. The molecule has 6 heteroatoms. The maximum absolute atomic E-state index is 5.53. The van der Waals surface area contributed by atoms with Crippen LogP contribution in [0, 0.1) is 32.9 Å². The van der Waals surface area contributed by atoms with E-state index in [1.807, 2.05) is 24.0 Å². The van der Waals surface area contributed by atoms with Crippen molar-refractivity contribution in [1.82, 2.24) is 19.3 Å². The molecule has 268 valence electrons. The molecule has 0 amide bonds. The van der Waals surface area contributed by atoms with Crippen LogP contribution < -0.4 is 4.90 Å². The molecule has 0 N–H and O–H groups in total. The van der Waals surface area contributed by atoms with E-state index in [2.05, 4.69) is 179 Å². The number of para-hydroxylation sites is 1. The van der Waals surface area contributed by atoms with Crippen molar-refractivity contribution < 1.29 is 21.1 Å². The first-order valence-electron chi connectivity index (χ1n) is 18.1. The van der Waals surface area contributed by atoms with E-state index < -0.39 is 0 Å². The van der Waals surface area contributed by atoms with E-state index in [9.17, 15) is 0 Å². The molecule has 7 aromatic rings. The Morgan fingerprint density at radius 1 is 0.717 bits per heavy atom. The number of nitrogens with zero attached hydrogens (tertiary/aromatic N) is 5. The zero-order chi connectivity index (χ0) is 36.5. The van der Waals surface area contributed by atoms with Gasteiger partial charge >= 0.3 is 21.1 Å². The largest absolute Gasteiger partial charge is 2.00 e. The van der Waals surface area contributed by atoms with E-state index in [1.54, 1.807) is 0 Å². The van der Waals surface area contributed by atoms with Gasteiger partial charge in [0.2, 0.25) is 0 Å². The van der Waals surface area contributed by atoms with Gasteiger partial charge in [-0.15, -0.1) is 47.5 Å². The van der Waals surface area contributed by atoms with Crippen molar-refractivity contribution in [3.8, 4) is 39.5 Å². The molecule has 0 bridgehead atoms. The molecule has 0 atom stereocenters. The Hall–Kier alpha value is -4.99. The Labute approximate surface area is 328 Å². The van der Waals surface area contributed by atoms with E-state index >= 15 is 0 Å². The van der Waals surface area contributed by atoms with Crippen LogP contribution in [0.2, 0.25) is 0 Å². The molecular formula is C47H45N5Pt. The summed E-state index contributed by atoms with van der Waals surface area (Å²) in [5, 5.41) is 5.53. The Morgan fingerprint density at radius 3 is 2.09 bits per heavy atom. The van der Waals surface area contributed by atoms with Crippen LogP contribution in [0.1, 0.15) is 68.1 Å². The first-order chi connectivity index (χ1) is 24.8. The minimum absolute atomic E-state index is 0. The maximum atomic E-state index is 5.53. The standard InChI is InChI=1S/C47H45N5.Pt/c1-30-26-31(2)41(32(3)27-30)42-43(33-16-11-10-12-17-33)49-52(44(42)46(4,5)6)36-22-23-38-40(29-36)51(39-21-14-13-20-37(39)47(38,7)8)35-19-15-18-34(28-35)45-48-24-25-50(45)9;/h10-27H,1-9H3;/q-2;+2. The van der Waals surface area contributed by atoms with Crippen molar-refractivity contribution in [2.75, 3.05) is 4.90 Å². The number of fused-ring (bicyclic) bond motifs is 2. The summed E-state index contributed by atoms with van der Waals surface area (Å²) in [7, 11) is 2.02. The Bertz CT molecular complexity index is 2450. The third-order valence-electron chi connectivity index (χ3n) is 10.5. The van der Waals surface area contributed by atoms with Gasteiger partial charge in [-0.1, -0.05) is 107 Å². The summed E-state index contributed by atoms with van der Waals surface area (Å²) in [6.45, 7) is 18.1. The number of hydrogen-bond acceptors (Lipinski definition) is 3. The Balaban J connectivity index is 0.00000435. The van der Waals surface area contributed by atoms with Crippen molar-refractivity contribution in [3.63, 3.8) is 0 Å². The van der Waals surface area contributed by atoms with Crippen LogP contribution in [0.4, 0.5) is 17.1 Å². The first-order valence-corrected chi connectivity index (χ1v) is 18.1. The number of aromatic nitrogens is 4. The molecule has 1 aliphatic rings. The van der Waals surface area contributed by atoms with Gasteiger partial charge in [0.15, 0.2) is 0 Å². The predicted molar refractivity (Wildman–Crippen MR) is 214 cm³/mol. The van der Waals surface area contributed by atoms with Crippen LogP contribution in [0.25, 0.3) is 39.5 Å². The molecule has 3 heterocycles. The van der Waals surface area contributed by atoms with E-state index in [-0.39, 0.29) is 31.9 Å². The fourth-order valence-electron chi connectivity index (χ4n) is 8.23. The summed E-state index contributed by atoms with van der Waals surface area (Å²) in [4.78, 5) is 6.96. The van der Waals surface area contributed by atoms with Gasteiger partial charge in [0.25, 0.3) is 0 Å². The number of rotatable bonds is 5. The quantitative estimate of drug-likeness (QED) is 0.162. The average molecular weight is 875 g/mol. The van der Waals surface area contributed by atoms with Crippen LogP contribution in [0.5, 0.6) is 0 Å². The zero-order valence-corrected chi connectivity index (χ0v) is 34.2. The molecule has 5 nitrogen and oxygen atoms in total. The number of imidazole rings is 1. The molecular weight excluding hydrogens is 830 g/mol. The number of benzene rings is 5. The minimum atomic E-state index is -0.262. The molecule has 0 saturated heterocycles. The molecule has 2 aromatic heterocycles. The fraction of sp³-hybridized carbons (Fsp3) is 0.234. The average Bonchev–Trinajstić information content (AvgIpc) is 3.73. The molecule has 0 unspecified atom stereocenters. The maximum Gasteiger partial charge on any atom is 2.00 e. The third-order valence-corrected chi connectivity index (χ3v) is 10.5. The second kappa shape index (κ2) is 13.5. The van der Waals surface area contributed by atoms with Crippen LogP contribution in [0.15, 0.2) is 109 Å². The molecule has 5 aromatic carbocycles. The number of anilines is 3. The van der Waals surface area contributed by atoms with Gasteiger partial charge in [-0.2, -0.15) is 11.2 Å². The zero-order valence-electron chi connectivity index (χ0n) is 31.9. The van der Waals surface area contributed by atoms with Crippen molar-refractivity contribution in [2.24, 2.45) is 7.05 Å². The van der Waals surface area contributed by atoms with Gasteiger partial charge in [-0.3, -0.25) is 9.67 Å². The van der Waals surface area contributed by atoms with E-state index in [1.165, 1.54) is 38.9 Å². The third kappa shape index (κ3) is 6.09. The van der Waals surface area contributed by atoms with Crippen LogP contribution in [0.3, 0.4) is 0 Å². The molecule has 0 spiro atoms. The van der Waals surface area contributed by atoms with Crippen LogP contribution in [-0.4, -0.2) is 19.3 Å². The van der Waals surface area contributed by atoms with Gasteiger partial charge in [0, 0.05) is 41.7 Å². The smallest absolute Gasteiger partial charge is 0.373 e. The van der Waals surface area contributed by atoms with Crippen LogP contribution >= 0.6 is 0 Å². The molecule has 0 fully saturated rings. The molecule has 0 saturated carbocycles. The minimum Gasteiger partial charge on any atom is -0.373 e. The monoisotopic (exact) mass is 874 g/mol. The molecule has 0 aliphatic carbocycles. The van der Waals surface area contributed by atoms with Gasteiger partial charge in [0.05, 0.1) is 11.5 Å². The second-order valence-corrected chi connectivity index (χ2v) is 15.8. The predicted octanol–water partition coefficient (Wildman–Crippen LogP) is 11.5. The molecule has 53 heavy (non-hydrogen) atoms. The summed E-state index contributed by atoms with van der Waals surface area (Å²) in [5.74, 6) is 0.874. The fourth-order valence-corrected chi connectivity index (χ4v) is 8.23. The number of aryl methyl sites for hydroxylation is 4. The van der Waals surface area contributed by atoms with Gasteiger partial charge in [0.1, 0.15) is 5.69 Å². The Kier molecular flexibility index (Phi) is 9.23. The van der Waals surface area contributed by atoms with E-state index in [0.29, 0.717) is 0 Å². The van der Waals surface area contributed by atoms with Crippen molar-refractivity contribution in [1.29, 1.82) is 0 Å². The summed E-state index contributed by atoms with van der Waals surface area (Å²) in [6, 6.07) is 42.4. The number of hydrogen-bond donors (Lipinski definition) is 0. The first kappa shape index (κ1) is 36.4. The molecule has 1 aliphatic heterocycles. The Morgan fingerprint density at radius 2 is 1.42 bits per heavy atom. The summed E-state index contributed by atoms with van der Waals surface area (Å²) in [6.07, 6.45) is 3.80. The normalized spacial score (nSPS) is 13.3. The second-order valence-electron chi connectivity index (χ2n) is 15.8. The van der Waals surface area contributed by atoms with Gasteiger partial charge in [-0.05, 0) is 65.9 Å². The van der Waals surface area contributed by atoms with Crippen molar-refractivity contribution >= 4 is 17.1 Å². The van der Waals surface area contributed by atoms with Gasteiger partial charge < -0.3 is 9.47 Å². The van der Waals surface area contributed by atoms with Crippen molar-refractivity contribution in [2.45, 2.75) is 66.2 Å². The SMILES string of the molecule is Cc1cc(C)c(-c2c(-c3ccccc3)nn(-c3[c-]c4c(cc3)C(C)(C)c3ccccc3N4c3[c-]c(-c4nccn4C)ccc3)c2C(C)(C)C)c(C)c1.[Pt+2]. The molecule has 8 rings (SSSR count). The van der Waals surface area contributed by atoms with Crippen LogP contribution in [-0.2, 0) is 38.9 Å². The summed E-state index contributed by atoms with van der Waals surface area (Å²) in [5.41, 5.74) is 16.2. The van der Waals surface area contributed by atoms with E-state index in [0.717, 1.165) is 51.1 Å². The van der Waals surface area contributed by atoms with Crippen molar-refractivity contribution in [3.05, 3.63) is 155 Å². The van der Waals surface area contributed by atoms with E-state index in [4.69, 9.17) is 5.10 Å².